The summed E-state index contributed by atoms with van der Waals surface area (Å²) in [6, 6.07) is 3.43. The molecule has 114 valence electrons. The Hall–Kier alpha value is -0.200. The first-order valence-electron chi connectivity index (χ1n) is 5.48. The van der Waals surface area contributed by atoms with Crippen molar-refractivity contribution >= 4 is 34.8 Å². The van der Waals surface area contributed by atoms with Crippen molar-refractivity contribution in [1.82, 2.24) is 0 Å². The zero-order chi connectivity index (χ0) is 15.4. The SMILES string of the molecule is CCl.FC(F)(F)c1cc(Cl)ccc1C1(CCl)OCCO1. The van der Waals surface area contributed by atoms with Crippen LogP contribution in [0.2, 0.25) is 5.02 Å². The Bertz CT molecular complexity index is 446. The van der Waals surface area contributed by atoms with Crippen LogP contribution in [-0.4, -0.2) is 25.5 Å². The molecule has 8 heteroatoms. The molecule has 0 unspecified atom stereocenters. The summed E-state index contributed by atoms with van der Waals surface area (Å²) in [7, 11) is 0. The molecule has 0 N–H and O–H groups in total. The van der Waals surface area contributed by atoms with E-state index in [-0.39, 0.29) is 29.7 Å². The maximum Gasteiger partial charge on any atom is 0.416 e. The number of benzene rings is 1. The summed E-state index contributed by atoms with van der Waals surface area (Å²) < 4.78 is 49.4. The van der Waals surface area contributed by atoms with Crippen molar-refractivity contribution in [2.45, 2.75) is 12.0 Å². The molecule has 0 aliphatic carbocycles. The highest BCUT2D eigenvalue weighted by molar-refractivity contribution is 6.30. The number of ether oxygens (including phenoxy) is 2. The van der Waals surface area contributed by atoms with E-state index in [1.165, 1.54) is 18.5 Å². The van der Waals surface area contributed by atoms with E-state index in [2.05, 4.69) is 11.6 Å². The summed E-state index contributed by atoms with van der Waals surface area (Å²) in [6.45, 7) is 0.402. The summed E-state index contributed by atoms with van der Waals surface area (Å²) in [5.74, 6) is -1.77. The van der Waals surface area contributed by atoms with Gasteiger partial charge in [0, 0.05) is 17.0 Å². The van der Waals surface area contributed by atoms with Gasteiger partial charge in [0.1, 0.15) is 0 Å². The fourth-order valence-electron chi connectivity index (χ4n) is 1.84. The van der Waals surface area contributed by atoms with Crippen molar-refractivity contribution in [3.05, 3.63) is 34.3 Å². The predicted octanol–water partition coefficient (Wildman–Crippen LogP) is 4.65. The lowest BCUT2D eigenvalue weighted by Gasteiger charge is -2.28. The Balaban J connectivity index is 0.000000956. The van der Waals surface area contributed by atoms with E-state index in [1.807, 2.05) is 0 Å². The van der Waals surface area contributed by atoms with Crippen molar-refractivity contribution in [2.24, 2.45) is 0 Å². The summed E-state index contributed by atoms with van der Waals surface area (Å²) in [5.41, 5.74) is -1.04. The van der Waals surface area contributed by atoms with Crippen molar-refractivity contribution in [3.63, 3.8) is 0 Å². The molecule has 1 aliphatic rings. The van der Waals surface area contributed by atoms with Crippen LogP contribution >= 0.6 is 34.8 Å². The Kier molecular flexibility index (Phi) is 6.41. The van der Waals surface area contributed by atoms with Gasteiger partial charge in [-0.15, -0.1) is 23.2 Å². The molecule has 2 nitrogen and oxygen atoms in total. The van der Waals surface area contributed by atoms with E-state index in [9.17, 15) is 13.2 Å². The molecular weight excluding hydrogens is 339 g/mol. The fraction of sp³-hybridized carbons (Fsp3) is 0.500. The second kappa shape index (κ2) is 7.18. The zero-order valence-corrected chi connectivity index (χ0v) is 12.7. The Labute approximate surface area is 129 Å². The Morgan fingerprint density at radius 1 is 1.20 bits per heavy atom. The van der Waals surface area contributed by atoms with Crippen LogP contribution in [-0.2, 0) is 21.4 Å². The molecular formula is C12H12Cl3F3O2. The Morgan fingerprint density at radius 3 is 2.20 bits per heavy atom. The van der Waals surface area contributed by atoms with Gasteiger partial charge in [-0.25, -0.2) is 0 Å². The molecule has 0 atom stereocenters. The van der Waals surface area contributed by atoms with E-state index in [4.69, 9.17) is 32.7 Å². The largest absolute Gasteiger partial charge is 0.416 e. The van der Waals surface area contributed by atoms with Gasteiger partial charge in [0.15, 0.2) is 0 Å². The van der Waals surface area contributed by atoms with Gasteiger partial charge in [0.05, 0.1) is 24.7 Å². The van der Waals surface area contributed by atoms with Crippen molar-refractivity contribution in [1.29, 1.82) is 0 Å². The Morgan fingerprint density at radius 2 is 1.75 bits per heavy atom. The lowest BCUT2D eigenvalue weighted by Crippen LogP contribution is -2.32. The van der Waals surface area contributed by atoms with E-state index in [0.717, 1.165) is 6.07 Å². The van der Waals surface area contributed by atoms with Crippen LogP contribution in [0.1, 0.15) is 11.1 Å². The molecule has 1 saturated heterocycles. The second-order valence-electron chi connectivity index (χ2n) is 3.77. The molecule has 20 heavy (non-hydrogen) atoms. The fourth-order valence-corrected chi connectivity index (χ4v) is 2.31. The van der Waals surface area contributed by atoms with Crippen LogP contribution in [0, 0.1) is 0 Å². The third-order valence-electron chi connectivity index (χ3n) is 2.63. The van der Waals surface area contributed by atoms with Gasteiger partial charge in [0.2, 0.25) is 5.79 Å². The highest BCUT2D eigenvalue weighted by Crippen LogP contribution is 2.42. The normalized spacial score (nSPS) is 17.6. The van der Waals surface area contributed by atoms with Gasteiger partial charge in [-0.05, 0) is 12.1 Å². The van der Waals surface area contributed by atoms with Gasteiger partial charge in [-0.2, -0.15) is 13.2 Å². The van der Waals surface area contributed by atoms with Crippen molar-refractivity contribution in [3.8, 4) is 0 Å². The van der Waals surface area contributed by atoms with Crippen LogP contribution in [0.25, 0.3) is 0 Å². The van der Waals surface area contributed by atoms with Gasteiger partial charge in [0.25, 0.3) is 0 Å². The average molecular weight is 352 g/mol. The van der Waals surface area contributed by atoms with E-state index < -0.39 is 17.5 Å². The highest BCUT2D eigenvalue weighted by atomic mass is 35.5. The summed E-state index contributed by atoms with van der Waals surface area (Å²) in [6.07, 6.45) is -3.07. The number of hydrogen-bond donors (Lipinski definition) is 0. The van der Waals surface area contributed by atoms with Gasteiger partial charge < -0.3 is 9.47 Å². The van der Waals surface area contributed by atoms with Crippen LogP contribution in [0.4, 0.5) is 13.2 Å². The maximum absolute atomic E-state index is 13.0. The second-order valence-corrected chi connectivity index (χ2v) is 4.47. The maximum atomic E-state index is 13.0. The van der Waals surface area contributed by atoms with Gasteiger partial charge in [-0.3, -0.25) is 0 Å². The molecule has 1 aromatic carbocycles. The summed E-state index contributed by atoms with van der Waals surface area (Å²) >= 11 is 16.0. The van der Waals surface area contributed by atoms with Crippen LogP contribution < -0.4 is 0 Å². The topological polar surface area (TPSA) is 18.5 Å². The first kappa shape index (κ1) is 17.9. The van der Waals surface area contributed by atoms with Crippen LogP contribution in [0.3, 0.4) is 0 Å². The van der Waals surface area contributed by atoms with E-state index >= 15 is 0 Å². The lowest BCUT2D eigenvalue weighted by molar-refractivity contribution is -0.165. The third kappa shape index (κ3) is 3.71. The minimum Gasteiger partial charge on any atom is -0.342 e. The first-order chi connectivity index (χ1) is 9.39. The van der Waals surface area contributed by atoms with Crippen molar-refractivity contribution in [2.75, 3.05) is 25.5 Å². The summed E-state index contributed by atoms with van der Waals surface area (Å²) in [4.78, 5) is 0. The minimum absolute atomic E-state index is 0.00575. The monoisotopic (exact) mass is 350 g/mol. The molecule has 0 aromatic heterocycles. The standard InChI is InChI=1S/C11H9Cl2F3O2.CH3Cl/c12-6-10(17-3-4-18-10)8-2-1-7(13)5-9(8)11(14,15)16;1-2/h1-2,5H,3-4,6H2;1H3. The molecule has 0 bridgehead atoms. The first-order valence-corrected chi connectivity index (χ1v) is 7.15. The van der Waals surface area contributed by atoms with Gasteiger partial charge in [-0.1, -0.05) is 17.7 Å². The van der Waals surface area contributed by atoms with E-state index in [0.29, 0.717) is 0 Å². The number of rotatable bonds is 2. The summed E-state index contributed by atoms with van der Waals surface area (Å²) in [5, 5.41) is -0.00575. The number of alkyl halides is 5. The molecule has 0 spiro atoms. The minimum atomic E-state index is -4.55. The van der Waals surface area contributed by atoms with Crippen molar-refractivity contribution < 1.29 is 22.6 Å². The quantitative estimate of drug-likeness (QED) is 0.722. The number of halogens is 6. The van der Waals surface area contributed by atoms with E-state index in [1.54, 1.807) is 0 Å². The third-order valence-corrected chi connectivity index (χ3v) is 3.21. The molecule has 1 aromatic rings. The number of hydrogen-bond acceptors (Lipinski definition) is 2. The molecule has 2 rings (SSSR count). The smallest absolute Gasteiger partial charge is 0.342 e. The van der Waals surface area contributed by atoms with Crippen LogP contribution in [0.5, 0.6) is 0 Å². The molecule has 0 radical (unpaired) electrons. The predicted molar refractivity (Wildman–Crippen MR) is 72.5 cm³/mol. The zero-order valence-electron chi connectivity index (χ0n) is 10.4. The van der Waals surface area contributed by atoms with Gasteiger partial charge >= 0.3 is 6.18 Å². The van der Waals surface area contributed by atoms with Crippen LogP contribution in [0.15, 0.2) is 18.2 Å². The molecule has 0 amide bonds. The molecule has 1 fully saturated rings. The lowest BCUT2D eigenvalue weighted by atomic mass is 10.00. The highest BCUT2D eigenvalue weighted by Gasteiger charge is 2.45. The molecule has 1 aliphatic heterocycles. The molecule has 0 saturated carbocycles. The average Bonchev–Trinajstić information content (AvgIpc) is 2.90. The molecule has 1 heterocycles.